The normalized spacial score (nSPS) is 14.1. The number of amides is 1. The van der Waals surface area contributed by atoms with Crippen molar-refractivity contribution >= 4 is 46.2 Å². The monoisotopic (exact) mass is 534 g/mol. The lowest BCUT2D eigenvalue weighted by Gasteiger charge is -2.25. The second kappa shape index (κ2) is 15.8. The number of likely N-dealkylation sites (tertiary alicyclic amines) is 1. The van der Waals surface area contributed by atoms with E-state index in [-0.39, 0.29) is 5.91 Å². The van der Waals surface area contributed by atoms with Gasteiger partial charge in [0, 0.05) is 47.8 Å². The van der Waals surface area contributed by atoms with E-state index in [9.17, 15) is 4.79 Å². The van der Waals surface area contributed by atoms with Gasteiger partial charge in [-0.05, 0) is 74.5 Å². The van der Waals surface area contributed by atoms with E-state index < -0.39 is 0 Å². The topological polar surface area (TPSA) is 65.6 Å². The molecule has 2 heterocycles. The number of thiocarbonyl (C=S) groups is 1. The third-order valence-corrected chi connectivity index (χ3v) is 7.05. The number of halogens is 1. The zero-order valence-electron chi connectivity index (χ0n) is 20.1. The average Bonchev–Trinajstić information content (AvgIpc) is 3.31. The van der Waals surface area contributed by atoms with Crippen LogP contribution in [0.3, 0.4) is 0 Å². The summed E-state index contributed by atoms with van der Waals surface area (Å²) >= 11 is 12.9. The Morgan fingerprint density at radius 2 is 1.97 bits per heavy atom. The second-order valence-electron chi connectivity index (χ2n) is 8.53. The maximum absolute atomic E-state index is 12.0. The Hall–Kier alpha value is -2.13. The predicted octanol–water partition coefficient (Wildman–Crippen LogP) is 5.23. The van der Waals surface area contributed by atoms with Crippen LogP contribution in [0.1, 0.15) is 49.0 Å². The molecule has 1 saturated heterocycles. The lowest BCUT2D eigenvalue weighted by Crippen LogP contribution is -2.35. The molecule has 0 radical (unpaired) electrons. The largest absolute Gasteiger partial charge is 0.492 e. The molecule has 3 rings (SSSR count). The third-order valence-electron chi connectivity index (χ3n) is 5.61. The highest BCUT2D eigenvalue weighted by Gasteiger charge is 2.11. The molecule has 190 valence electrons. The van der Waals surface area contributed by atoms with Crippen molar-refractivity contribution < 1.29 is 9.53 Å². The van der Waals surface area contributed by atoms with Gasteiger partial charge >= 0.3 is 0 Å². The van der Waals surface area contributed by atoms with Crippen LogP contribution in [0.5, 0.6) is 5.75 Å². The second-order valence-corrected chi connectivity index (χ2v) is 10.4. The molecule has 1 aromatic heterocycles. The van der Waals surface area contributed by atoms with Gasteiger partial charge in [-0.2, -0.15) is 0 Å². The minimum atomic E-state index is -0.0100. The van der Waals surface area contributed by atoms with E-state index >= 15 is 0 Å². The smallest absolute Gasteiger partial charge is 0.223 e. The number of ether oxygens (including phenoxy) is 1. The number of carbonyl (C=O) groups excluding carboxylic acids is 1. The molecule has 6 nitrogen and oxygen atoms in total. The van der Waals surface area contributed by atoms with Gasteiger partial charge in [-0.1, -0.05) is 36.2 Å². The summed E-state index contributed by atoms with van der Waals surface area (Å²) in [6.45, 7) is 5.30. The summed E-state index contributed by atoms with van der Waals surface area (Å²) in [6.07, 6.45) is 9.48. The first-order valence-electron chi connectivity index (χ1n) is 12.2. The molecule has 1 aliphatic rings. The summed E-state index contributed by atoms with van der Waals surface area (Å²) < 4.78 is 5.83. The van der Waals surface area contributed by atoms with Crippen molar-refractivity contribution in [1.29, 1.82) is 0 Å². The van der Waals surface area contributed by atoms with Crippen LogP contribution in [0.25, 0.3) is 0 Å². The summed E-state index contributed by atoms with van der Waals surface area (Å²) in [6, 6.07) is 9.77. The predicted molar refractivity (Wildman–Crippen MR) is 149 cm³/mol. The van der Waals surface area contributed by atoms with Crippen LogP contribution < -0.4 is 20.7 Å². The van der Waals surface area contributed by atoms with Crippen molar-refractivity contribution in [3.63, 3.8) is 0 Å². The molecule has 0 saturated carbocycles. The minimum Gasteiger partial charge on any atom is -0.492 e. The highest BCUT2D eigenvalue weighted by atomic mass is 35.5. The molecule has 0 atom stereocenters. The van der Waals surface area contributed by atoms with Crippen LogP contribution in [0.4, 0.5) is 0 Å². The number of piperidine rings is 1. The Labute approximate surface area is 223 Å². The Balaban J connectivity index is 1.17. The van der Waals surface area contributed by atoms with Gasteiger partial charge < -0.3 is 20.7 Å². The van der Waals surface area contributed by atoms with Gasteiger partial charge in [-0.3, -0.25) is 9.69 Å². The lowest BCUT2D eigenvalue weighted by atomic mass is 10.1. The number of carbonyl (C=O) groups is 1. The Kier molecular flexibility index (Phi) is 12.4. The van der Waals surface area contributed by atoms with Crippen molar-refractivity contribution in [1.82, 2.24) is 20.9 Å². The van der Waals surface area contributed by atoms with E-state index in [0.717, 1.165) is 24.3 Å². The van der Waals surface area contributed by atoms with Gasteiger partial charge in [0.2, 0.25) is 5.91 Å². The van der Waals surface area contributed by atoms with Gasteiger partial charge in [-0.15, -0.1) is 11.3 Å². The minimum absolute atomic E-state index is 0.0100. The van der Waals surface area contributed by atoms with Gasteiger partial charge in [-0.25, -0.2) is 0 Å². The molecule has 9 heteroatoms. The molecule has 0 spiro atoms. The molecule has 1 amide bonds. The number of thiophene rings is 1. The molecule has 0 aliphatic carbocycles. The van der Waals surface area contributed by atoms with E-state index in [2.05, 4.69) is 32.3 Å². The first-order chi connectivity index (χ1) is 17.1. The maximum atomic E-state index is 12.0. The zero-order valence-corrected chi connectivity index (χ0v) is 22.5. The van der Waals surface area contributed by atoms with Crippen LogP contribution in [-0.2, 0) is 17.9 Å². The van der Waals surface area contributed by atoms with Crippen molar-refractivity contribution in [3.8, 4) is 5.75 Å². The van der Waals surface area contributed by atoms with E-state index in [4.69, 9.17) is 28.6 Å². The summed E-state index contributed by atoms with van der Waals surface area (Å²) in [5, 5.41) is 12.4. The molecular formula is C26H35ClN4O2S2. The molecule has 1 fully saturated rings. The molecule has 1 aromatic carbocycles. The quantitative estimate of drug-likeness (QED) is 0.241. The highest BCUT2D eigenvalue weighted by Crippen LogP contribution is 2.24. The molecule has 1 aliphatic heterocycles. The van der Waals surface area contributed by atoms with Crippen LogP contribution in [0, 0.1) is 0 Å². The maximum Gasteiger partial charge on any atom is 0.223 e. The molecular weight excluding hydrogens is 500 g/mol. The molecule has 3 N–H and O–H groups in total. The summed E-state index contributed by atoms with van der Waals surface area (Å²) in [5.74, 6) is 0.928. The summed E-state index contributed by atoms with van der Waals surface area (Å²) in [4.78, 5) is 15.8. The Morgan fingerprint density at radius 3 is 2.77 bits per heavy atom. The fourth-order valence-electron chi connectivity index (χ4n) is 3.71. The molecule has 0 bridgehead atoms. The molecule has 2 aromatic rings. The number of rotatable bonds is 13. The Morgan fingerprint density at radius 1 is 1.17 bits per heavy atom. The summed E-state index contributed by atoms with van der Waals surface area (Å²) in [7, 11) is 0. The van der Waals surface area contributed by atoms with Gasteiger partial charge in [0.25, 0.3) is 0 Å². The number of benzene rings is 1. The van der Waals surface area contributed by atoms with Gasteiger partial charge in [0.1, 0.15) is 5.75 Å². The fourth-order valence-corrected chi connectivity index (χ4v) is 4.85. The van der Waals surface area contributed by atoms with E-state index in [1.165, 1.54) is 37.2 Å². The SMILES string of the molecule is O=C(CCCNC(=S)NCc1ccc(Cl)cc1)N/C=C\CCOc1csc(CN2CCCCC2)c1. The van der Waals surface area contributed by atoms with E-state index in [0.29, 0.717) is 42.7 Å². The van der Waals surface area contributed by atoms with Crippen LogP contribution in [-0.4, -0.2) is 42.2 Å². The Bertz CT molecular complexity index is 943. The van der Waals surface area contributed by atoms with E-state index in [1.807, 2.05) is 30.3 Å². The molecule has 35 heavy (non-hydrogen) atoms. The van der Waals surface area contributed by atoms with Crippen LogP contribution in [0.15, 0.2) is 48.0 Å². The lowest BCUT2D eigenvalue weighted by molar-refractivity contribution is -0.120. The van der Waals surface area contributed by atoms with Crippen molar-refractivity contribution in [2.24, 2.45) is 0 Å². The van der Waals surface area contributed by atoms with E-state index in [1.54, 1.807) is 17.5 Å². The average molecular weight is 535 g/mol. The van der Waals surface area contributed by atoms with Gasteiger partial charge in [0.05, 0.1) is 6.61 Å². The first kappa shape index (κ1) is 27.5. The highest BCUT2D eigenvalue weighted by molar-refractivity contribution is 7.80. The standard InChI is InChI=1S/C26H35ClN4O2S2/c27-22-10-8-21(9-11-22)18-30-26(34)29-13-6-7-25(32)28-12-2-5-16-33-23-17-24(35-20-23)19-31-14-3-1-4-15-31/h2,8-12,17,20H,1,3-7,13-16,18-19H2,(H,28,32)(H2,29,30,34)/b12-2-. The fraction of sp³-hybridized carbons (Fsp3) is 0.462. The van der Waals surface area contributed by atoms with Crippen molar-refractivity contribution in [2.45, 2.75) is 51.6 Å². The third kappa shape index (κ3) is 11.4. The number of nitrogens with one attached hydrogen (secondary N) is 3. The molecule has 0 unspecified atom stereocenters. The number of nitrogens with zero attached hydrogens (tertiary/aromatic N) is 1. The van der Waals surface area contributed by atoms with Gasteiger partial charge in [0.15, 0.2) is 5.11 Å². The zero-order chi connectivity index (χ0) is 24.7. The summed E-state index contributed by atoms with van der Waals surface area (Å²) in [5.41, 5.74) is 1.10. The first-order valence-corrected chi connectivity index (χ1v) is 13.9. The van der Waals surface area contributed by atoms with Crippen molar-refractivity contribution in [3.05, 3.63) is 63.5 Å². The van der Waals surface area contributed by atoms with Crippen LogP contribution >= 0.6 is 35.2 Å². The number of hydrogen-bond donors (Lipinski definition) is 3. The van der Waals surface area contributed by atoms with Crippen molar-refractivity contribution in [2.75, 3.05) is 26.2 Å². The van der Waals surface area contributed by atoms with Crippen LogP contribution in [0.2, 0.25) is 5.02 Å². The number of hydrogen-bond acceptors (Lipinski definition) is 5.